The maximum Gasteiger partial charge on any atom is 0.325 e. The van der Waals surface area contributed by atoms with E-state index in [0.717, 1.165) is 0 Å². The molecule has 0 atom stereocenters. The molecular formula is C9H8N4OS. The quantitative estimate of drug-likeness (QED) is 0.815. The number of hydrogen-bond acceptors (Lipinski definition) is 4. The summed E-state index contributed by atoms with van der Waals surface area (Å²) in [5, 5.41) is 7.63. The standard InChI is InChI=1S/C9H8N4OS/c14-8(13-9-11-5-6-15-9)12-7-1-3-10-4-2-7/h1-6H,(H2,10,11,12,13,14). The Bertz CT molecular complexity index is 429. The lowest BCUT2D eigenvalue weighted by atomic mass is 10.4. The minimum Gasteiger partial charge on any atom is -0.308 e. The number of aromatic nitrogens is 2. The first-order valence-electron chi connectivity index (χ1n) is 4.22. The van der Waals surface area contributed by atoms with Crippen LogP contribution in [0.1, 0.15) is 0 Å². The minimum absolute atomic E-state index is 0.309. The van der Waals surface area contributed by atoms with Crippen molar-refractivity contribution in [3.63, 3.8) is 0 Å². The molecule has 0 aliphatic carbocycles. The fourth-order valence-electron chi connectivity index (χ4n) is 0.980. The molecule has 6 heteroatoms. The molecule has 5 nitrogen and oxygen atoms in total. The highest BCUT2D eigenvalue weighted by molar-refractivity contribution is 7.13. The predicted octanol–water partition coefficient (Wildman–Crippen LogP) is 2.18. The van der Waals surface area contributed by atoms with E-state index in [-0.39, 0.29) is 6.03 Å². The van der Waals surface area contributed by atoms with Gasteiger partial charge >= 0.3 is 6.03 Å². The van der Waals surface area contributed by atoms with Crippen molar-refractivity contribution in [3.05, 3.63) is 36.1 Å². The van der Waals surface area contributed by atoms with Crippen molar-refractivity contribution in [2.45, 2.75) is 0 Å². The Morgan fingerprint density at radius 1 is 1.20 bits per heavy atom. The van der Waals surface area contributed by atoms with Gasteiger partial charge in [0.1, 0.15) is 0 Å². The van der Waals surface area contributed by atoms with E-state index < -0.39 is 0 Å². The van der Waals surface area contributed by atoms with Crippen LogP contribution in [0.3, 0.4) is 0 Å². The van der Waals surface area contributed by atoms with Crippen LogP contribution in [0, 0.1) is 0 Å². The summed E-state index contributed by atoms with van der Waals surface area (Å²) in [7, 11) is 0. The van der Waals surface area contributed by atoms with Crippen molar-refractivity contribution in [1.82, 2.24) is 9.97 Å². The first kappa shape index (κ1) is 9.60. The third-order valence-electron chi connectivity index (χ3n) is 1.59. The fraction of sp³-hybridized carbons (Fsp3) is 0. The van der Waals surface area contributed by atoms with E-state index in [9.17, 15) is 4.79 Å². The van der Waals surface area contributed by atoms with Crippen LogP contribution in [-0.4, -0.2) is 16.0 Å². The van der Waals surface area contributed by atoms with Gasteiger partial charge in [-0.05, 0) is 12.1 Å². The Hall–Kier alpha value is -1.95. The lowest BCUT2D eigenvalue weighted by molar-refractivity contribution is 0.262. The zero-order valence-corrected chi connectivity index (χ0v) is 8.49. The van der Waals surface area contributed by atoms with E-state index in [0.29, 0.717) is 10.8 Å². The van der Waals surface area contributed by atoms with Crippen LogP contribution in [0.25, 0.3) is 0 Å². The third-order valence-corrected chi connectivity index (χ3v) is 2.28. The van der Waals surface area contributed by atoms with Crippen molar-refractivity contribution in [2.75, 3.05) is 10.6 Å². The second-order valence-electron chi connectivity index (χ2n) is 2.65. The van der Waals surface area contributed by atoms with E-state index in [4.69, 9.17) is 0 Å². The minimum atomic E-state index is -0.309. The normalized spacial score (nSPS) is 9.60. The Labute approximate surface area is 90.2 Å². The number of nitrogens with zero attached hydrogens (tertiary/aromatic N) is 2. The Balaban J connectivity index is 1.94. The van der Waals surface area contributed by atoms with Crippen molar-refractivity contribution in [3.8, 4) is 0 Å². The number of anilines is 2. The molecule has 0 spiro atoms. The molecule has 0 fully saturated rings. The summed E-state index contributed by atoms with van der Waals surface area (Å²) in [6, 6.07) is 3.11. The van der Waals surface area contributed by atoms with Gasteiger partial charge in [-0.2, -0.15) is 0 Å². The van der Waals surface area contributed by atoms with Gasteiger partial charge in [0.2, 0.25) is 0 Å². The van der Waals surface area contributed by atoms with Gasteiger partial charge in [0.15, 0.2) is 5.13 Å². The average Bonchev–Trinajstić information content (AvgIpc) is 2.71. The number of carbonyl (C=O) groups excluding carboxylic acids is 1. The summed E-state index contributed by atoms with van der Waals surface area (Å²) in [5.41, 5.74) is 0.694. The van der Waals surface area contributed by atoms with Gasteiger partial charge in [0.25, 0.3) is 0 Å². The maximum absolute atomic E-state index is 11.4. The molecule has 2 aromatic rings. The van der Waals surface area contributed by atoms with Gasteiger partial charge in [-0.3, -0.25) is 10.3 Å². The Morgan fingerprint density at radius 2 is 2.00 bits per heavy atom. The number of pyridine rings is 1. The zero-order valence-electron chi connectivity index (χ0n) is 7.68. The number of urea groups is 1. The SMILES string of the molecule is O=C(Nc1ccncc1)Nc1nccs1. The first-order chi connectivity index (χ1) is 7.34. The van der Waals surface area contributed by atoms with Crippen LogP contribution in [0.4, 0.5) is 15.6 Å². The van der Waals surface area contributed by atoms with Gasteiger partial charge in [0, 0.05) is 29.7 Å². The summed E-state index contributed by atoms with van der Waals surface area (Å²) < 4.78 is 0. The number of nitrogens with one attached hydrogen (secondary N) is 2. The smallest absolute Gasteiger partial charge is 0.308 e. The van der Waals surface area contributed by atoms with E-state index in [1.54, 1.807) is 36.1 Å². The summed E-state index contributed by atoms with van der Waals surface area (Å²) >= 11 is 1.37. The number of carbonyl (C=O) groups is 1. The van der Waals surface area contributed by atoms with Crippen molar-refractivity contribution in [2.24, 2.45) is 0 Å². The molecule has 2 aromatic heterocycles. The molecule has 2 amide bonds. The van der Waals surface area contributed by atoms with Crippen LogP contribution in [0.5, 0.6) is 0 Å². The van der Waals surface area contributed by atoms with Crippen LogP contribution < -0.4 is 10.6 Å². The molecule has 0 saturated carbocycles. The molecule has 0 unspecified atom stereocenters. The number of amides is 2. The lowest BCUT2D eigenvalue weighted by Crippen LogP contribution is -2.19. The fourth-order valence-corrected chi connectivity index (χ4v) is 1.50. The average molecular weight is 220 g/mol. The molecule has 0 bridgehead atoms. The molecule has 0 aliphatic heterocycles. The summed E-state index contributed by atoms with van der Waals surface area (Å²) in [4.78, 5) is 19.2. The highest BCUT2D eigenvalue weighted by Gasteiger charge is 2.02. The maximum atomic E-state index is 11.4. The molecule has 15 heavy (non-hydrogen) atoms. The third kappa shape index (κ3) is 2.75. The molecule has 76 valence electrons. The molecule has 0 radical (unpaired) electrons. The summed E-state index contributed by atoms with van der Waals surface area (Å²) in [6.07, 6.45) is 4.85. The Morgan fingerprint density at radius 3 is 2.67 bits per heavy atom. The topological polar surface area (TPSA) is 66.9 Å². The van der Waals surface area contributed by atoms with Gasteiger partial charge < -0.3 is 5.32 Å². The highest BCUT2D eigenvalue weighted by atomic mass is 32.1. The second-order valence-corrected chi connectivity index (χ2v) is 3.55. The molecule has 0 aromatic carbocycles. The predicted molar refractivity (Wildman–Crippen MR) is 59.0 cm³/mol. The van der Waals surface area contributed by atoms with Crippen molar-refractivity contribution in [1.29, 1.82) is 0 Å². The second kappa shape index (κ2) is 4.52. The van der Waals surface area contributed by atoms with Gasteiger partial charge in [-0.15, -0.1) is 11.3 Å². The van der Waals surface area contributed by atoms with E-state index in [1.165, 1.54) is 11.3 Å². The van der Waals surface area contributed by atoms with E-state index in [2.05, 4.69) is 20.6 Å². The molecule has 0 aliphatic rings. The van der Waals surface area contributed by atoms with Gasteiger partial charge in [-0.1, -0.05) is 0 Å². The number of thiazole rings is 1. The lowest BCUT2D eigenvalue weighted by Gasteiger charge is -2.03. The number of hydrogen-bond donors (Lipinski definition) is 2. The van der Waals surface area contributed by atoms with Crippen molar-refractivity contribution >= 4 is 28.2 Å². The highest BCUT2D eigenvalue weighted by Crippen LogP contribution is 2.11. The van der Waals surface area contributed by atoms with Crippen LogP contribution in [0.2, 0.25) is 0 Å². The summed E-state index contributed by atoms with van der Waals surface area (Å²) in [5.74, 6) is 0. The molecule has 2 N–H and O–H groups in total. The van der Waals surface area contributed by atoms with Gasteiger partial charge in [-0.25, -0.2) is 9.78 Å². The molecule has 0 saturated heterocycles. The molecular weight excluding hydrogens is 212 g/mol. The van der Waals surface area contributed by atoms with Gasteiger partial charge in [0.05, 0.1) is 0 Å². The van der Waals surface area contributed by atoms with Crippen LogP contribution in [-0.2, 0) is 0 Å². The Kier molecular flexibility index (Phi) is 2.89. The van der Waals surface area contributed by atoms with E-state index in [1.807, 2.05) is 0 Å². The molecule has 2 rings (SSSR count). The van der Waals surface area contributed by atoms with E-state index >= 15 is 0 Å². The largest absolute Gasteiger partial charge is 0.325 e. The van der Waals surface area contributed by atoms with Crippen molar-refractivity contribution < 1.29 is 4.79 Å². The van der Waals surface area contributed by atoms with Crippen LogP contribution >= 0.6 is 11.3 Å². The van der Waals surface area contributed by atoms with Crippen LogP contribution in [0.15, 0.2) is 36.1 Å². The first-order valence-corrected chi connectivity index (χ1v) is 5.10. The monoisotopic (exact) mass is 220 g/mol. The summed E-state index contributed by atoms with van der Waals surface area (Å²) in [6.45, 7) is 0. The number of rotatable bonds is 2. The zero-order chi connectivity index (χ0) is 10.5. The molecule has 2 heterocycles.